The van der Waals surface area contributed by atoms with E-state index >= 15 is 0 Å². The number of rotatable bonds is 5. The van der Waals surface area contributed by atoms with Crippen molar-refractivity contribution >= 4 is 0 Å². The normalized spacial score (nSPS) is 28.9. The first kappa shape index (κ1) is 12.0. The molecule has 1 heterocycles. The highest BCUT2D eigenvalue weighted by atomic mass is 15.2. The minimum atomic E-state index is 0.749. The molecule has 0 aromatic carbocycles. The SMILES string of the molecule is CCC(CC)CN1CC(CN)CC1C. The molecule has 14 heavy (non-hydrogen) atoms. The monoisotopic (exact) mass is 198 g/mol. The minimum absolute atomic E-state index is 0.749. The first-order valence-electron chi connectivity index (χ1n) is 6.15. The second-order valence-electron chi connectivity index (χ2n) is 4.82. The molecule has 2 unspecified atom stereocenters. The molecule has 0 aromatic heterocycles. The average molecular weight is 198 g/mol. The fourth-order valence-electron chi connectivity index (χ4n) is 2.52. The zero-order chi connectivity index (χ0) is 10.6. The van der Waals surface area contributed by atoms with Crippen LogP contribution in [-0.4, -0.2) is 30.6 Å². The quantitative estimate of drug-likeness (QED) is 0.733. The lowest BCUT2D eigenvalue weighted by molar-refractivity contribution is 0.215. The van der Waals surface area contributed by atoms with Gasteiger partial charge in [-0.15, -0.1) is 0 Å². The molecule has 84 valence electrons. The van der Waals surface area contributed by atoms with E-state index in [1.54, 1.807) is 0 Å². The molecule has 1 rings (SSSR count). The van der Waals surface area contributed by atoms with Gasteiger partial charge in [-0.05, 0) is 31.7 Å². The van der Waals surface area contributed by atoms with Gasteiger partial charge in [0.15, 0.2) is 0 Å². The fourth-order valence-corrected chi connectivity index (χ4v) is 2.52. The molecule has 1 aliphatic heterocycles. The van der Waals surface area contributed by atoms with Gasteiger partial charge >= 0.3 is 0 Å². The van der Waals surface area contributed by atoms with E-state index in [4.69, 9.17) is 5.73 Å². The van der Waals surface area contributed by atoms with E-state index in [-0.39, 0.29) is 0 Å². The van der Waals surface area contributed by atoms with Crippen LogP contribution in [0.15, 0.2) is 0 Å². The predicted molar refractivity (Wildman–Crippen MR) is 62.3 cm³/mol. The molecule has 0 radical (unpaired) electrons. The summed E-state index contributed by atoms with van der Waals surface area (Å²) >= 11 is 0. The predicted octanol–water partition coefficient (Wildman–Crippen LogP) is 2.09. The van der Waals surface area contributed by atoms with E-state index < -0.39 is 0 Å². The summed E-state index contributed by atoms with van der Waals surface area (Å²) < 4.78 is 0. The Bertz CT molecular complexity index is 154. The van der Waals surface area contributed by atoms with Gasteiger partial charge in [-0.3, -0.25) is 0 Å². The Morgan fingerprint density at radius 2 is 2.00 bits per heavy atom. The van der Waals surface area contributed by atoms with E-state index in [0.717, 1.165) is 24.4 Å². The Hall–Kier alpha value is -0.0800. The number of nitrogens with zero attached hydrogens (tertiary/aromatic N) is 1. The second-order valence-corrected chi connectivity index (χ2v) is 4.82. The second kappa shape index (κ2) is 5.72. The van der Waals surface area contributed by atoms with Crippen LogP contribution < -0.4 is 5.73 Å². The molecule has 1 fully saturated rings. The molecule has 0 amide bonds. The topological polar surface area (TPSA) is 29.3 Å². The van der Waals surface area contributed by atoms with Crippen LogP contribution in [0.4, 0.5) is 0 Å². The summed E-state index contributed by atoms with van der Waals surface area (Å²) in [5, 5.41) is 0. The third kappa shape index (κ3) is 2.96. The molecular weight excluding hydrogens is 172 g/mol. The lowest BCUT2D eigenvalue weighted by Crippen LogP contribution is -2.32. The van der Waals surface area contributed by atoms with Crippen molar-refractivity contribution in [1.82, 2.24) is 4.90 Å². The molecular formula is C12H26N2. The van der Waals surface area contributed by atoms with Gasteiger partial charge in [0.2, 0.25) is 0 Å². The average Bonchev–Trinajstić information content (AvgIpc) is 2.56. The molecule has 2 atom stereocenters. The van der Waals surface area contributed by atoms with Crippen LogP contribution in [0.25, 0.3) is 0 Å². The number of hydrogen-bond acceptors (Lipinski definition) is 2. The van der Waals surface area contributed by atoms with E-state index in [0.29, 0.717) is 0 Å². The van der Waals surface area contributed by atoms with Crippen molar-refractivity contribution < 1.29 is 0 Å². The van der Waals surface area contributed by atoms with Crippen LogP contribution in [0.3, 0.4) is 0 Å². The molecule has 2 nitrogen and oxygen atoms in total. The summed E-state index contributed by atoms with van der Waals surface area (Å²) in [7, 11) is 0. The summed E-state index contributed by atoms with van der Waals surface area (Å²) in [6.45, 7) is 10.3. The van der Waals surface area contributed by atoms with Crippen LogP contribution >= 0.6 is 0 Å². The van der Waals surface area contributed by atoms with Crippen LogP contribution in [0.2, 0.25) is 0 Å². The van der Waals surface area contributed by atoms with E-state index in [9.17, 15) is 0 Å². The van der Waals surface area contributed by atoms with Gasteiger partial charge in [0.05, 0.1) is 0 Å². The standard InChI is InChI=1S/C12H26N2/c1-4-11(5-2)8-14-9-12(7-13)6-10(14)3/h10-12H,4-9,13H2,1-3H3. The molecule has 0 bridgehead atoms. The first-order valence-corrected chi connectivity index (χ1v) is 6.15. The highest BCUT2D eigenvalue weighted by Gasteiger charge is 2.28. The lowest BCUT2D eigenvalue weighted by Gasteiger charge is -2.25. The largest absolute Gasteiger partial charge is 0.330 e. The minimum Gasteiger partial charge on any atom is -0.330 e. The summed E-state index contributed by atoms with van der Waals surface area (Å²) in [6.07, 6.45) is 3.93. The summed E-state index contributed by atoms with van der Waals surface area (Å²) in [5.41, 5.74) is 5.73. The third-order valence-corrected chi connectivity index (χ3v) is 3.77. The molecule has 0 spiro atoms. The van der Waals surface area contributed by atoms with Gasteiger partial charge in [-0.2, -0.15) is 0 Å². The van der Waals surface area contributed by atoms with Gasteiger partial charge in [0.25, 0.3) is 0 Å². The number of nitrogens with two attached hydrogens (primary N) is 1. The lowest BCUT2D eigenvalue weighted by atomic mass is 10.0. The van der Waals surface area contributed by atoms with E-state index in [1.165, 1.54) is 32.4 Å². The molecule has 0 saturated carbocycles. The van der Waals surface area contributed by atoms with Gasteiger partial charge in [0, 0.05) is 19.1 Å². The third-order valence-electron chi connectivity index (χ3n) is 3.77. The van der Waals surface area contributed by atoms with Crippen LogP contribution in [0.5, 0.6) is 0 Å². The molecule has 1 saturated heterocycles. The maximum atomic E-state index is 5.73. The van der Waals surface area contributed by atoms with Crippen molar-refractivity contribution in [3.05, 3.63) is 0 Å². The summed E-state index contributed by atoms with van der Waals surface area (Å²) in [6, 6.07) is 0.754. The fraction of sp³-hybridized carbons (Fsp3) is 1.00. The Labute approximate surface area is 88.8 Å². The van der Waals surface area contributed by atoms with Crippen LogP contribution in [-0.2, 0) is 0 Å². The molecule has 2 N–H and O–H groups in total. The number of likely N-dealkylation sites (tertiary alicyclic amines) is 1. The van der Waals surface area contributed by atoms with Crippen molar-refractivity contribution in [2.75, 3.05) is 19.6 Å². The Morgan fingerprint density at radius 1 is 1.36 bits per heavy atom. The highest BCUT2D eigenvalue weighted by molar-refractivity contribution is 4.83. The summed E-state index contributed by atoms with van der Waals surface area (Å²) in [4.78, 5) is 2.63. The summed E-state index contributed by atoms with van der Waals surface area (Å²) in [5.74, 6) is 1.63. The zero-order valence-electron chi connectivity index (χ0n) is 10.00. The van der Waals surface area contributed by atoms with Crippen LogP contribution in [0.1, 0.15) is 40.0 Å². The van der Waals surface area contributed by atoms with Gasteiger partial charge in [-0.25, -0.2) is 0 Å². The van der Waals surface area contributed by atoms with E-state index in [2.05, 4.69) is 25.7 Å². The van der Waals surface area contributed by atoms with Gasteiger partial charge < -0.3 is 10.6 Å². The first-order chi connectivity index (χ1) is 6.71. The maximum Gasteiger partial charge on any atom is 0.00707 e. The van der Waals surface area contributed by atoms with Crippen LogP contribution in [0, 0.1) is 11.8 Å². The Balaban J connectivity index is 2.37. The molecule has 1 aliphatic rings. The van der Waals surface area contributed by atoms with Gasteiger partial charge in [-0.1, -0.05) is 26.7 Å². The van der Waals surface area contributed by atoms with Crippen molar-refractivity contribution in [3.8, 4) is 0 Å². The Morgan fingerprint density at radius 3 is 2.43 bits per heavy atom. The Kier molecular flexibility index (Phi) is 4.90. The van der Waals surface area contributed by atoms with Crippen molar-refractivity contribution in [2.24, 2.45) is 17.6 Å². The van der Waals surface area contributed by atoms with Gasteiger partial charge in [0.1, 0.15) is 0 Å². The number of hydrogen-bond donors (Lipinski definition) is 1. The smallest absolute Gasteiger partial charge is 0.00707 e. The highest BCUT2D eigenvalue weighted by Crippen LogP contribution is 2.24. The van der Waals surface area contributed by atoms with Crippen molar-refractivity contribution in [1.29, 1.82) is 0 Å². The molecule has 0 aliphatic carbocycles. The molecule has 2 heteroatoms. The maximum absolute atomic E-state index is 5.73. The van der Waals surface area contributed by atoms with E-state index in [1.807, 2.05) is 0 Å². The molecule has 0 aromatic rings. The van der Waals surface area contributed by atoms with Crippen molar-refractivity contribution in [2.45, 2.75) is 46.1 Å². The van der Waals surface area contributed by atoms with Crippen molar-refractivity contribution in [3.63, 3.8) is 0 Å². The zero-order valence-corrected chi connectivity index (χ0v) is 10.00.